The zero-order valence-corrected chi connectivity index (χ0v) is 17.5. The van der Waals surface area contributed by atoms with Gasteiger partial charge in [0.15, 0.2) is 17.2 Å². The number of nitrogens with zero attached hydrogens (tertiary/aromatic N) is 1. The lowest BCUT2D eigenvalue weighted by atomic mass is 10.1. The number of methoxy groups -OCH3 is 2. The molecular weight excluding hydrogens is 410 g/mol. The monoisotopic (exact) mass is 429 g/mol. The van der Waals surface area contributed by atoms with Crippen LogP contribution in [0.1, 0.15) is 30.9 Å². The number of hydrogen-bond acceptors (Lipinski definition) is 7. The summed E-state index contributed by atoms with van der Waals surface area (Å²) in [6.07, 6.45) is 2.43. The maximum atomic E-state index is 12.3. The van der Waals surface area contributed by atoms with Crippen molar-refractivity contribution in [3.8, 4) is 17.2 Å². The summed E-state index contributed by atoms with van der Waals surface area (Å²) in [5, 5.41) is 0.175. The van der Waals surface area contributed by atoms with E-state index < -0.39 is 11.9 Å². The Hall–Kier alpha value is -3.32. The van der Waals surface area contributed by atoms with Crippen LogP contribution in [0.15, 0.2) is 47.1 Å². The van der Waals surface area contributed by atoms with Gasteiger partial charge < -0.3 is 18.9 Å². The van der Waals surface area contributed by atoms with Gasteiger partial charge in [-0.2, -0.15) is 0 Å². The van der Waals surface area contributed by atoms with Crippen molar-refractivity contribution in [2.45, 2.75) is 19.8 Å². The molecule has 2 aromatic rings. The largest absolute Gasteiger partial charge is 0.497 e. The van der Waals surface area contributed by atoms with E-state index in [9.17, 15) is 9.59 Å². The van der Waals surface area contributed by atoms with Crippen LogP contribution in [0.4, 0.5) is 0 Å². The van der Waals surface area contributed by atoms with Gasteiger partial charge in [-0.3, -0.25) is 4.79 Å². The molecule has 0 unspecified atom stereocenters. The summed E-state index contributed by atoms with van der Waals surface area (Å²) in [4.78, 5) is 28.4. The maximum Gasteiger partial charge on any atom is 0.363 e. The van der Waals surface area contributed by atoms with Crippen LogP contribution in [0.2, 0.25) is 5.02 Å². The van der Waals surface area contributed by atoms with E-state index in [1.165, 1.54) is 13.2 Å². The molecule has 0 atom stereocenters. The van der Waals surface area contributed by atoms with Crippen LogP contribution >= 0.6 is 11.6 Å². The number of esters is 2. The third kappa shape index (κ3) is 4.80. The molecule has 3 rings (SSSR count). The predicted octanol–water partition coefficient (Wildman–Crippen LogP) is 4.41. The van der Waals surface area contributed by atoms with Crippen molar-refractivity contribution >= 4 is 35.5 Å². The highest BCUT2D eigenvalue weighted by atomic mass is 35.5. The number of aliphatic imine (C=N–C) groups is 1. The van der Waals surface area contributed by atoms with Crippen LogP contribution in [0.5, 0.6) is 17.2 Å². The summed E-state index contributed by atoms with van der Waals surface area (Å²) in [6, 6.07) is 10.2. The van der Waals surface area contributed by atoms with Crippen molar-refractivity contribution in [1.29, 1.82) is 0 Å². The fourth-order valence-electron chi connectivity index (χ4n) is 2.74. The molecule has 0 radical (unpaired) electrons. The van der Waals surface area contributed by atoms with E-state index in [0.717, 1.165) is 0 Å². The zero-order chi connectivity index (χ0) is 21.7. The van der Waals surface area contributed by atoms with Gasteiger partial charge in [0, 0.05) is 12.0 Å². The molecular formula is C22H20ClNO6. The Labute approximate surface area is 178 Å². The first-order chi connectivity index (χ1) is 14.4. The Bertz CT molecular complexity index is 1040. The van der Waals surface area contributed by atoms with Crippen LogP contribution in [0, 0.1) is 0 Å². The second-order valence-electron chi connectivity index (χ2n) is 6.33. The van der Waals surface area contributed by atoms with Crippen molar-refractivity contribution in [2.24, 2.45) is 4.99 Å². The fraction of sp³-hybridized carbons (Fsp3) is 0.227. The normalized spacial score (nSPS) is 14.3. The molecule has 0 fully saturated rings. The lowest BCUT2D eigenvalue weighted by molar-refractivity contribution is -0.134. The summed E-state index contributed by atoms with van der Waals surface area (Å²) in [7, 11) is 2.98. The topological polar surface area (TPSA) is 83.4 Å². The zero-order valence-electron chi connectivity index (χ0n) is 16.7. The molecule has 0 saturated carbocycles. The highest BCUT2D eigenvalue weighted by Crippen LogP contribution is 2.37. The minimum Gasteiger partial charge on any atom is -0.497 e. The van der Waals surface area contributed by atoms with Crippen LogP contribution < -0.4 is 14.2 Å². The average Bonchev–Trinajstić information content (AvgIpc) is 3.10. The first-order valence-electron chi connectivity index (χ1n) is 9.20. The molecule has 1 aliphatic heterocycles. The standard InChI is InChI=1S/C22H20ClNO6/c1-4-6-19(25)29-20-16(23)9-13(11-18(20)28-3)10-17-22(26)30-21(24-17)14-7-5-8-15(12-14)27-2/h5,7-12H,4,6H2,1-3H3/b17-10+. The number of carbonyl (C=O) groups excluding carboxylic acids is 2. The van der Waals surface area contributed by atoms with Gasteiger partial charge in [0.2, 0.25) is 5.90 Å². The summed E-state index contributed by atoms with van der Waals surface area (Å²) >= 11 is 6.28. The molecule has 2 aromatic carbocycles. The quantitative estimate of drug-likeness (QED) is 0.368. The maximum absolute atomic E-state index is 12.3. The molecule has 0 bridgehead atoms. The Morgan fingerprint density at radius 3 is 2.70 bits per heavy atom. The summed E-state index contributed by atoms with van der Waals surface area (Å²) < 4.78 is 21.1. The lowest BCUT2D eigenvalue weighted by Gasteiger charge is -2.11. The second-order valence-corrected chi connectivity index (χ2v) is 6.73. The van der Waals surface area contributed by atoms with Gasteiger partial charge in [0.1, 0.15) is 5.75 Å². The third-order valence-electron chi connectivity index (χ3n) is 4.16. The van der Waals surface area contributed by atoms with Gasteiger partial charge in [-0.15, -0.1) is 0 Å². The predicted molar refractivity (Wildman–Crippen MR) is 112 cm³/mol. The number of benzene rings is 2. The number of cyclic esters (lactones) is 1. The van der Waals surface area contributed by atoms with E-state index >= 15 is 0 Å². The molecule has 0 amide bonds. The first-order valence-corrected chi connectivity index (χ1v) is 9.58. The molecule has 1 aliphatic rings. The summed E-state index contributed by atoms with van der Waals surface area (Å²) in [5.41, 5.74) is 1.25. The van der Waals surface area contributed by atoms with Crippen LogP contribution in [0.3, 0.4) is 0 Å². The van der Waals surface area contributed by atoms with Crippen molar-refractivity contribution < 1.29 is 28.5 Å². The van der Waals surface area contributed by atoms with Gasteiger partial charge in [-0.25, -0.2) is 9.79 Å². The average molecular weight is 430 g/mol. The number of halogens is 1. The molecule has 0 spiro atoms. The molecule has 156 valence electrons. The Kier molecular flexibility index (Phi) is 6.74. The summed E-state index contributed by atoms with van der Waals surface area (Å²) in [6.45, 7) is 1.87. The molecule has 0 aromatic heterocycles. The number of ether oxygens (including phenoxy) is 4. The van der Waals surface area contributed by atoms with E-state index in [0.29, 0.717) is 23.3 Å². The van der Waals surface area contributed by atoms with Gasteiger partial charge in [-0.05, 0) is 48.4 Å². The van der Waals surface area contributed by atoms with Gasteiger partial charge in [-0.1, -0.05) is 24.6 Å². The first kappa shape index (κ1) is 21.4. The van der Waals surface area contributed by atoms with E-state index in [-0.39, 0.29) is 34.5 Å². The summed E-state index contributed by atoms with van der Waals surface area (Å²) in [5.74, 6) is 0.190. The SMILES string of the molecule is CCCC(=O)Oc1c(Cl)cc(/C=C2/N=C(c3cccc(OC)c3)OC2=O)cc1OC. The van der Waals surface area contributed by atoms with Crippen molar-refractivity contribution in [3.63, 3.8) is 0 Å². The highest BCUT2D eigenvalue weighted by molar-refractivity contribution is 6.32. The lowest BCUT2D eigenvalue weighted by Crippen LogP contribution is -2.08. The van der Waals surface area contributed by atoms with Crippen molar-refractivity contribution in [2.75, 3.05) is 14.2 Å². The third-order valence-corrected chi connectivity index (χ3v) is 4.44. The number of rotatable bonds is 7. The molecule has 7 nitrogen and oxygen atoms in total. The highest BCUT2D eigenvalue weighted by Gasteiger charge is 2.25. The van der Waals surface area contributed by atoms with Crippen molar-refractivity contribution in [1.82, 2.24) is 0 Å². The van der Waals surface area contributed by atoms with Gasteiger partial charge >= 0.3 is 11.9 Å². The van der Waals surface area contributed by atoms with E-state index in [4.69, 9.17) is 30.5 Å². The fourth-order valence-corrected chi connectivity index (χ4v) is 3.00. The van der Waals surface area contributed by atoms with Gasteiger partial charge in [0.25, 0.3) is 0 Å². The number of carbonyl (C=O) groups is 2. The van der Waals surface area contributed by atoms with E-state index in [2.05, 4.69) is 4.99 Å². The number of hydrogen-bond donors (Lipinski definition) is 0. The van der Waals surface area contributed by atoms with E-state index in [1.54, 1.807) is 43.5 Å². The smallest absolute Gasteiger partial charge is 0.363 e. The Morgan fingerprint density at radius 1 is 1.20 bits per heavy atom. The molecule has 0 aliphatic carbocycles. The molecule has 0 saturated heterocycles. The molecule has 1 heterocycles. The molecule has 0 N–H and O–H groups in total. The Balaban J connectivity index is 1.92. The second kappa shape index (κ2) is 9.45. The Morgan fingerprint density at radius 2 is 2.00 bits per heavy atom. The van der Waals surface area contributed by atoms with Crippen LogP contribution in [-0.4, -0.2) is 32.1 Å². The molecule has 30 heavy (non-hydrogen) atoms. The molecule has 8 heteroatoms. The van der Waals surface area contributed by atoms with Crippen LogP contribution in [-0.2, 0) is 14.3 Å². The van der Waals surface area contributed by atoms with Gasteiger partial charge in [0.05, 0.1) is 19.2 Å². The minimum atomic E-state index is -0.596. The van der Waals surface area contributed by atoms with Crippen molar-refractivity contribution in [3.05, 3.63) is 58.2 Å². The van der Waals surface area contributed by atoms with Crippen LogP contribution in [0.25, 0.3) is 6.08 Å². The van der Waals surface area contributed by atoms with E-state index in [1.807, 2.05) is 6.92 Å². The minimum absolute atomic E-state index is 0.0988.